The molecule has 0 radical (unpaired) electrons. The molecule has 0 saturated carbocycles. The van der Waals surface area contributed by atoms with Gasteiger partial charge in [-0.1, -0.05) is 0 Å². The van der Waals surface area contributed by atoms with Crippen LogP contribution in [-0.4, -0.2) is 44.1 Å². The van der Waals surface area contributed by atoms with Crippen LogP contribution in [0.5, 0.6) is 5.88 Å². The zero-order chi connectivity index (χ0) is 16.9. The van der Waals surface area contributed by atoms with Gasteiger partial charge >= 0.3 is 0 Å². The standard InChI is InChI=1S/C17H18N6O2/c1-5-18-6-2-14(1)23-11-13(10-21-23)22-16-9-17(20-12-19-16)25-15-3-7-24-8-4-15/h1-2,5-6,9-12,15H,3-4,7-8H2,(H,19,20,22). The second-order valence-corrected chi connectivity index (χ2v) is 5.68. The Morgan fingerprint density at radius 3 is 2.84 bits per heavy atom. The summed E-state index contributed by atoms with van der Waals surface area (Å²) >= 11 is 0. The molecule has 0 bridgehead atoms. The summed E-state index contributed by atoms with van der Waals surface area (Å²) < 4.78 is 13.0. The van der Waals surface area contributed by atoms with Crippen LogP contribution in [0, 0.1) is 0 Å². The summed E-state index contributed by atoms with van der Waals surface area (Å²) in [7, 11) is 0. The number of ether oxygens (including phenoxy) is 2. The molecule has 1 saturated heterocycles. The van der Waals surface area contributed by atoms with Gasteiger partial charge in [0, 0.05) is 31.3 Å². The van der Waals surface area contributed by atoms with E-state index in [1.54, 1.807) is 29.3 Å². The van der Waals surface area contributed by atoms with Crippen LogP contribution >= 0.6 is 0 Å². The predicted molar refractivity (Wildman–Crippen MR) is 91.1 cm³/mol. The largest absolute Gasteiger partial charge is 0.474 e. The van der Waals surface area contributed by atoms with Crippen LogP contribution in [-0.2, 0) is 4.74 Å². The molecule has 0 aromatic carbocycles. The molecule has 4 rings (SSSR count). The summed E-state index contributed by atoms with van der Waals surface area (Å²) in [6.07, 6.45) is 10.5. The monoisotopic (exact) mass is 338 g/mol. The maximum atomic E-state index is 5.91. The van der Waals surface area contributed by atoms with Crippen molar-refractivity contribution in [2.24, 2.45) is 0 Å². The molecule has 0 aliphatic carbocycles. The first kappa shape index (κ1) is 15.5. The van der Waals surface area contributed by atoms with Gasteiger partial charge in [-0.25, -0.2) is 14.6 Å². The zero-order valence-electron chi connectivity index (χ0n) is 13.6. The van der Waals surface area contributed by atoms with Crippen LogP contribution < -0.4 is 10.1 Å². The van der Waals surface area contributed by atoms with Gasteiger partial charge in [0.2, 0.25) is 5.88 Å². The number of hydrogen-bond acceptors (Lipinski definition) is 7. The van der Waals surface area contributed by atoms with Gasteiger partial charge in [0.1, 0.15) is 18.2 Å². The molecule has 0 spiro atoms. The Balaban J connectivity index is 1.44. The van der Waals surface area contributed by atoms with E-state index >= 15 is 0 Å². The lowest BCUT2D eigenvalue weighted by molar-refractivity contribution is 0.0237. The van der Waals surface area contributed by atoms with Gasteiger partial charge < -0.3 is 14.8 Å². The van der Waals surface area contributed by atoms with Crippen LogP contribution in [0.15, 0.2) is 49.3 Å². The average Bonchev–Trinajstić information content (AvgIpc) is 3.12. The average molecular weight is 338 g/mol. The van der Waals surface area contributed by atoms with E-state index in [4.69, 9.17) is 9.47 Å². The predicted octanol–water partition coefficient (Wildman–Crippen LogP) is 2.36. The molecule has 1 fully saturated rings. The summed E-state index contributed by atoms with van der Waals surface area (Å²) in [6, 6.07) is 5.57. The Kier molecular flexibility index (Phi) is 4.51. The quantitative estimate of drug-likeness (QED) is 0.764. The number of aromatic nitrogens is 5. The van der Waals surface area contributed by atoms with E-state index in [0.29, 0.717) is 11.7 Å². The first-order valence-corrected chi connectivity index (χ1v) is 8.15. The first-order valence-electron chi connectivity index (χ1n) is 8.15. The van der Waals surface area contributed by atoms with E-state index in [1.165, 1.54) is 6.33 Å². The molecule has 0 atom stereocenters. The molecule has 8 nitrogen and oxygen atoms in total. The second kappa shape index (κ2) is 7.27. The van der Waals surface area contributed by atoms with Crippen LogP contribution in [0.1, 0.15) is 12.8 Å². The molecule has 128 valence electrons. The SMILES string of the molecule is c1cc(-n2cc(Nc3cc(OC4CCOCC4)ncn3)cn2)ccn1. The third-order valence-electron chi connectivity index (χ3n) is 3.88. The Hall–Kier alpha value is -3.00. The normalized spacial score (nSPS) is 15.0. The minimum absolute atomic E-state index is 0.144. The molecule has 3 aromatic rings. The van der Waals surface area contributed by atoms with Crippen LogP contribution in [0.25, 0.3) is 5.69 Å². The highest BCUT2D eigenvalue weighted by Crippen LogP contribution is 2.20. The number of nitrogens with zero attached hydrogens (tertiary/aromatic N) is 5. The van der Waals surface area contributed by atoms with E-state index in [0.717, 1.165) is 37.4 Å². The van der Waals surface area contributed by atoms with Crippen LogP contribution in [0.4, 0.5) is 11.5 Å². The smallest absolute Gasteiger partial charge is 0.218 e. The van der Waals surface area contributed by atoms with E-state index in [2.05, 4.69) is 25.4 Å². The molecule has 4 heterocycles. The Bertz CT molecular complexity index is 817. The zero-order valence-corrected chi connectivity index (χ0v) is 13.6. The van der Waals surface area contributed by atoms with Crippen molar-refractivity contribution in [2.45, 2.75) is 18.9 Å². The maximum Gasteiger partial charge on any atom is 0.218 e. The Labute approximate surface area is 144 Å². The van der Waals surface area contributed by atoms with E-state index in [9.17, 15) is 0 Å². The van der Waals surface area contributed by atoms with Crippen LogP contribution in [0.2, 0.25) is 0 Å². The van der Waals surface area contributed by atoms with Gasteiger partial charge in [-0.2, -0.15) is 5.10 Å². The highest BCUT2D eigenvalue weighted by Gasteiger charge is 2.16. The number of anilines is 2. The maximum absolute atomic E-state index is 5.91. The fourth-order valence-electron chi connectivity index (χ4n) is 2.61. The van der Waals surface area contributed by atoms with Crippen molar-refractivity contribution in [1.82, 2.24) is 24.7 Å². The van der Waals surface area contributed by atoms with Gasteiger partial charge in [0.05, 0.1) is 37.0 Å². The van der Waals surface area contributed by atoms with Crippen molar-refractivity contribution in [3.05, 3.63) is 49.3 Å². The molecule has 1 aliphatic rings. The van der Waals surface area contributed by atoms with Gasteiger partial charge in [-0.15, -0.1) is 0 Å². The van der Waals surface area contributed by atoms with Crippen molar-refractivity contribution in [2.75, 3.05) is 18.5 Å². The van der Waals surface area contributed by atoms with Crippen LogP contribution in [0.3, 0.4) is 0 Å². The Morgan fingerprint density at radius 2 is 2.00 bits per heavy atom. The van der Waals surface area contributed by atoms with E-state index < -0.39 is 0 Å². The minimum atomic E-state index is 0.144. The third-order valence-corrected chi connectivity index (χ3v) is 3.88. The highest BCUT2D eigenvalue weighted by molar-refractivity contribution is 5.55. The number of pyridine rings is 1. The first-order chi connectivity index (χ1) is 12.4. The number of nitrogens with one attached hydrogen (secondary N) is 1. The molecular weight excluding hydrogens is 320 g/mol. The summed E-state index contributed by atoms with van der Waals surface area (Å²) in [5.74, 6) is 1.22. The molecule has 3 aromatic heterocycles. The van der Waals surface area contributed by atoms with E-state index in [-0.39, 0.29) is 6.10 Å². The minimum Gasteiger partial charge on any atom is -0.474 e. The fourth-order valence-corrected chi connectivity index (χ4v) is 2.61. The summed E-state index contributed by atoms with van der Waals surface area (Å²) in [5.41, 5.74) is 1.77. The Morgan fingerprint density at radius 1 is 1.16 bits per heavy atom. The fraction of sp³-hybridized carbons (Fsp3) is 0.294. The molecular formula is C17H18N6O2. The van der Waals surface area contributed by atoms with Crippen molar-refractivity contribution in [3.63, 3.8) is 0 Å². The summed E-state index contributed by atoms with van der Waals surface area (Å²) in [5, 5.41) is 7.55. The van der Waals surface area contributed by atoms with Crippen molar-refractivity contribution < 1.29 is 9.47 Å². The van der Waals surface area contributed by atoms with Gasteiger partial charge in [-0.05, 0) is 12.1 Å². The van der Waals surface area contributed by atoms with Gasteiger partial charge in [-0.3, -0.25) is 4.98 Å². The van der Waals surface area contributed by atoms with Crippen molar-refractivity contribution in [3.8, 4) is 11.6 Å². The van der Waals surface area contributed by atoms with E-state index in [1.807, 2.05) is 18.3 Å². The molecule has 0 unspecified atom stereocenters. The summed E-state index contributed by atoms with van der Waals surface area (Å²) in [4.78, 5) is 12.4. The summed E-state index contributed by atoms with van der Waals surface area (Å²) in [6.45, 7) is 1.46. The lowest BCUT2D eigenvalue weighted by Gasteiger charge is -2.22. The lowest BCUT2D eigenvalue weighted by atomic mass is 10.2. The van der Waals surface area contributed by atoms with Gasteiger partial charge in [0.25, 0.3) is 0 Å². The number of rotatable bonds is 5. The van der Waals surface area contributed by atoms with Crippen molar-refractivity contribution in [1.29, 1.82) is 0 Å². The topological polar surface area (TPSA) is 87.0 Å². The number of hydrogen-bond donors (Lipinski definition) is 1. The highest BCUT2D eigenvalue weighted by atomic mass is 16.5. The van der Waals surface area contributed by atoms with Gasteiger partial charge in [0.15, 0.2) is 0 Å². The van der Waals surface area contributed by atoms with Crippen molar-refractivity contribution >= 4 is 11.5 Å². The molecule has 8 heteroatoms. The third kappa shape index (κ3) is 3.92. The molecule has 25 heavy (non-hydrogen) atoms. The molecule has 1 N–H and O–H groups in total. The second-order valence-electron chi connectivity index (χ2n) is 5.68. The molecule has 0 amide bonds. The molecule has 1 aliphatic heterocycles. The lowest BCUT2D eigenvalue weighted by Crippen LogP contribution is -2.26.